The number of nitrogens with zero attached hydrogens (tertiary/aromatic N) is 2. The fraction of sp³-hybridized carbons (Fsp3) is 0.333. The quantitative estimate of drug-likeness (QED) is 0.740. The van der Waals surface area contributed by atoms with E-state index >= 15 is 0 Å². The van der Waals surface area contributed by atoms with Gasteiger partial charge in [-0.15, -0.1) is 11.3 Å². The number of hydrogen-bond donors (Lipinski definition) is 3. The number of piperazine rings is 1. The van der Waals surface area contributed by atoms with E-state index in [4.69, 9.17) is 5.73 Å². The van der Waals surface area contributed by atoms with Crippen molar-refractivity contribution in [3.05, 3.63) is 41.3 Å². The predicted molar refractivity (Wildman–Crippen MR) is 103 cm³/mol. The molecule has 8 heteroatoms. The summed E-state index contributed by atoms with van der Waals surface area (Å²) in [6.45, 7) is 4.70. The Morgan fingerprint density at radius 2 is 1.88 bits per heavy atom. The van der Waals surface area contributed by atoms with Gasteiger partial charge in [0.15, 0.2) is 0 Å². The summed E-state index contributed by atoms with van der Waals surface area (Å²) in [5, 5.41) is 15.0. The third-order valence-corrected chi connectivity index (χ3v) is 5.46. The van der Waals surface area contributed by atoms with Gasteiger partial charge in [-0.25, -0.2) is 0 Å². The van der Waals surface area contributed by atoms with E-state index < -0.39 is 5.91 Å². The number of hydrogen-bond acceptors (Lipinski definition) is 6. The monoisotopic (exact) mass is 374 g/mol. The molecule has 4 N–H and O–H groups in total. The van der Waals surface area contributed by atoms with Crippen LogP contribution in [0.4, 0.5) is 10.7 Å². The van der Waals surface area contributed by atoms with E-state index in [1.54, 1.807) is 23.6 Å². The Morgan fingerprint density at radius 1 is 1.19 bits per heavy atom. The number of phenols is 1. The Balaban J connectivity index is 1.58. The number of aromatic hydroxyl groups is 1. The van der Waals surface area contributed by atoms with Crippen LogP contribution in [0.3, 0.4) is 0 Å². The summed E-state index contributed by atoms with van der Waals surface area (Å²) in [4.78, 5) is 28.1. The Labute approximate surface area is 156 Å². The molecule has 0 saturated carbocycles. The number of phenolic OH excluding ortho intramolecular Hbond substituents is 1. The van der Waals surface area contributed by atoms with Crippen molar-refractivity contribution in [2.75, 3.05) is 36.4 Å². The minimum absolute atomic E-state index is 0.161. The highest BCUT2D eigenvalue weighted by Gasteiger charge is 2.27. The first-order valence-corrected chi connectivity index (χ1v) is 9.30. The van der Waals surface area contributed by atoms with Crippen LogP contribution in [0.1, 0.15) is 17.3 Å². The maximum Gasteiger partial charge on any atom is 0.251 e. The first-order chi connectivity index (χ1) is 12.5. The standard InChI is InChI=1S/C18H22N4O3S/c1-12(17(25)20-18-13(16(19)24)6-11-26-18)21-7-9-22(10-8-21)14-4-2-3-5-15(14)23/h2-6,11-12,23H,7-10H2,1H3,(H2,19,24)(H,20,25)/t12-/m1/s1. The number of para-hydroxylation sites is 2. The summed E-state index contributed by atoms with van der Waals surface area (Å²) in [6.07, 6.45) is 0. The second kappa shape index (κ2) is 7.76. The van der Waals surface area contributed by atoms with Crippen molar-refractivity contribution >= 4 is 33.8 Å². The van der Waals surface area contributed by atoms with Gasteiger partial charge in [-0.2, -0.15) is 0 Å². The normalized spacial score (nSPS) is 16.3. The lowest BCUT2D eigenvalue weighted by Crippen LogP contribution is -2.52. The van der Waals surface area contributed by atoms with Gasteiger partial charge in [0.2, 0.25) is 5.91 Å². The number of rotatable bonds is 5. The van der Waals surface area contributed by atoms with E-state index in [9.17, 15) is 14.7 Å². The van der Waals surface area contributed by atoms with Gasteiger partial charge in [0.1, 0.15) is 10.8 Å². The lowest BCUT2D eigenvalue weighted by Gasteiger charge is -2.38. The molecule has 2 heterocycles. The van der Waals surface area contributed by atoms with Crippen LogP contribution in [0.5, 0.6) is 5.75 Å². The molecule has 0 spiro atoms. The number of carbonyl (C=O) groups is 2. The zero-order chi connectivity index (χ0) is 18.7. The summed E-state index contributed by atoms with van der Waals surface area (Å²) in [6, 6.07) is 8.54. The molecule has 1 aliphatic rings. The maximum atomic E-state index is 12.5. The van der Waals surface area contributed by atoms with Gasteiger partial charge < -0.3 is 21.1 Å². The molecule has 138 valence electrons. The SMILES string of the molecule is C[C@H](C(=O)Nc1sccc1C(N)=O)N1CCN(c2ccccc2O)CC1. The third kappa shape index (κ3) is 3.81. The molecule has 1 atom stereocenters. The Kier molecular flexibility index (Phi) is 5.43. The van der Waals surface area contributed by atoms with Gasteiger partial charge in [-0.05, 0) is 30.5 Å². The second-order valence-corrected chi connectivity index (χ2v) is 7.12. The number of primary amides is 1. The fourth-order valence-corrected chi connectivity index (χ4v) is 3.86. The van der Waals surface area contributed by atoms with Crippen LogP contribution in [-0.2, 0) is 4.79 Å². The largest absolute Gasteiger partial charge is 0.506 e. The van der Waals surface area contributed by atoms with Crippen molar-refractivity contribution in [3.63, 3.8) is 0 Å². The summed E-state index contributed by atoms with van der Waals surface area (Å²) in [5.74, 6) is -0.445. The van der Waals surface area contributed by atoms with Crippen LogP contribution in [0.25, 0.3) is 0 Å². The zero-order valence-electron chi connectivity index (χ0n) is 14.5. The lowest BCUT2D eigenvalue weighted by atomic mass is 10.2. The smallest absolute Gasteiger partial charge is 0.251 e. The first kappa shape index (κ1) is 18.2. The summed E-state index contributed by atoms with van der Waals surface area (Å²) in [5.41, 5.74) is 6.46. The number of amides is 2. The van der Waals surface area contributed by atoms with Gasteiger partial charge in [0, 0.05) is 26.2 Å². The van der Waals surface area contributed by atoms with Crippen LogP contribution in [0, 0.1) is 0 Å². The van der Waals surface area contributed by atoms with E-state index in [1.165, 1.54) is 11.3 Å². The second-order valence-electron chi connectivity index (χ2n) is 6.20. The van der Waals surface area contributed by atoms with E-state index in [2.05, 4.69) is 15.1 Å². The van der Waals surface area contributed by atoms with E-state index in [1.807, 2.05) is 19.1 Å². The van der Waals surface area contributed by atoms with Crippen LogP contribution < -0.4 is 16.0 Å². The first-order valence-electron chi connectivity index (χ1n) is 8.42. The molecule has 0 bridgehead atoms. The molecule has 2 amide bonds. The Morgan fingerprint density at radius 3 is 2.54 bits per heavy atom. The molecule has 1 aromatic heterocycles. The molecule has 0 unspecified atom stereocenters. The Hall–Kier alpha value is -2.58. The molecular formula is C18H22N4O3S. The fourth-order valence-electron chi connectivity index (χ4n) is 3.06. The molecule has 1 saturated heterocycles. The van der Waals surface area contributed by atoms with Crippen molar-refractivity contribution in [1.82, 2.24) is 4.90 Å². The number of nitrogens with one attached hydrogen (secondary N) is 1. The highest BCUT2D eigenvalue weighted by molar-refractivity contribution is 7.14. The van der Waals surface area contributed by atoms with Crippen LogP contribution in [0.15, 0.2) is 35.7 Å². The van der Waals surface area contributed by atoms with Gasteiger partial charge in [-0.3, -0.25) is 14.5 Å². The number of anilines is 2. The molecule has 1 aromatic carbocycles. The molecular weight excluding hydrogens is 352 g/mol. The maximum absolute atomic E-state index is 12.5. The zero-order valence-corrected chi connectivity index (χ0v) is 15.3. The van der Waals surface area contributed by atoms with E-state index in [-0.39, 0.29) is 17.7 Å². The van der Waals surface area contributed by atoms with E-state index in [0.29, 0.717) is 23.7 Å². The minimum atomic E-state index is -0.550. The summed E-state index contributed by atoms with van der Waals surface area (Å²) >= 11 is 1.28. The van der Waals surface area contributed by atoms with Crippen molar-refractivity contribution in [1.29, 1.82) is 0 Å². The van der Waals surface area contributed by atoms with Crippen molar-refractivity contribution in [2.24, 2.45) is 5.73 Å². The number of thiophene rings is 1. The lowest BCUT2D eigenvalue weighted by molar-refractivity contribution is -0.120. The van der Waals surface area contributed by atoms with Gasteiger partial charge in [0.05, 0.1) is 17.3 Å². The van der Waals surface area contributed by atoms with Crippen LogP contribution in [-0.4, -0.2) is 54.0 Å². The molecule has 3 rings (SSSR count). The van der Waals surface area contributed by atoms with Gasteiger partial charge in [0.25, 0.3) is 5.91 Å². The molecule has 26 heavy (non-hydrogen) atoms. The van der Waals surface area contributed by atoms with E-state index in [0.717, 1.165) is 18.8 Å². The topological polar surface area (TPSA) is 98.9 Å². The van der Waals surface area contributed by atoms with Gasteiger partial charge in [-0.1, -0.05) is 12.1 Å². The molecule has 1 aliphatic heterocycles. The van der Waals surface area contributed by atoms with Crippen molar-refractivity contribution in [3.8, 4) is 5.75 Å². The van der Waals surface area contributed by atoms with Gasteiger partial charge >= 0.3 is 0 Å². The van der Waals surface area contributed by atoms with Crippen molar-refractivity contribution < 1.29 is 14.7 Å². The predicted octanol–water partition coefficient (Wildman–Crippen LogP) is 1.70. The average molecular weight is 374 g/mol. The Bertz CT molecular complexity index is 799. The number of carbonyl (C=O) groups excluding carboxylic acids is 2. The average Bonchev–Trinajstić information content (AvgIpc) is 3.10. The number of benzene rings is 1. The van der Waals surface area contributed by atoms with Crippen molar-refractivity contribution in [2.45, 2.75) is 13.0 Å². The number of nitrogens with two attached hydrogens (primary N) is 1. The summed E-state index contributed by atoms with van der Waals surface area (Å²) < 4.78 is 0. The molecule has 2 aromatic rings. The van der Waals surface area contributed by atoms with Crippen LogP contribution in [0.2, 0.25) is 0 Å². The molecule has 0 radical (unpaired) electrons. The minimum Gasteiger partial charge on any atom is -0.506 e. The molecule has 7 nitrogen and oxygen atoms in total. The highest BCUT2D eigenvalue weighted by atomic mass is 32.1. The molecule has 0 aliphatic carbocycles. The van der Waals surface area contributed by atoms with Crippen LogP contribution >= 0.6 is 11.3 Å². The highest BCUT2D eigenvalue weighted by Crippen LogP contribution is 2.28. The molecule has 1 fully saturated rings. The summed E-state index contributed by atoms with van der Waals surface area (Å²) in [7, 11) is 0. The third-order valence-electron chi connectivity index (χ3n) is 4.63.